The number of terminal acetylenes is 1. The Bertz CT molecular complexity index is 620. The number of hydrogen-bond acceptors (Lipinski definition) is 3. The van der Waals surface area contributed by atoms with E-state index in [9.17, 15) is 4.79 Å². The lowest BCUT2D eigenvalue weighted by Crippen LogP contribution is -2.57. The van der Waals surface area contributed by atoms with Gasteiger partial charge < -0.3 is 11.1 Å². The van der Waals surface area contributed by atoms with Gasteiger partial charge in [0, 0.05) is 18.6 Å². The fourth-order valence-corrected chi connectivity index (χ4v) is 4.50. The van der Waals surface area contributed by atoms with Crippen LogP contribution in [-0.4, -0.2) is 42.0 Å². The molecule has 0 radical (unpaired) electrons. The third-order valence-corrected chi connectivity index (χ3v) is 5.89. The zero-order valence-electron chi connectivity index (χ0n) is 19.6. The number of hydrogen-bond donors (Lipinski definition) is 2. The number of aryl methyl sites for hydroxylation is 1. The van der Waals surface area contributed by atoms with Gasteiger partial charge in [-0.05, 0) is 65.3 Å². The molecule has 1 aliphatic carbocycles. The van der Waals surface area contributed by atoms with Gasteiger partial charge in [0.15, 0.2) is 0 Å². The summed E-state index contributed by atoms with van der Waals surface area (Å²) in [6, 6.07) is 10.3. The average molecular weight is 414 g/mol. The van der Waals surface area contributed by atoms with Crippen molar-refractivity contribution in [1.29, 1.82) is 0 Å². The Labute approximate surface area is 185 Å². The molecule has 2 aliphatic rings. The second-order valence-electron chi connectivity index (χ2n) is 9.59. The van der Waals surface area contributed by atoms with Crippen LogP contribution in [-0.2, 0) is 4.79 Å². The first kappa shape index (κ1) is 26.2. The molecule has 1 aliphatic heterocycles. The van der Waals surface area contributed by atoms with E-state index in [4.69, 9.17) is 5.73 Å². The average Bonchev–Trinajstić information content (AvgIpc) is 2.73. The summed E-state index contributed by atoms with van der Waals surface area (Å²) in [5.41, 5.74) is 6.84. The van der Waals surface area contributed by atoms with Gasteiger partial charge in [0.25, 0.3) is 0 Å². The SMILES string of the molecule is C#C.CC(C)(C)NC(=O)C1CC2CCCCC2CN1CCCN.Cc1ccccc1. The first-order valence-electron chi connectivity index (χ1n) is 11.4. The standard InChI is InChI=1S/C17H33N3O.C7H8.C2H2/c1-17(2,3)19-16(21)15-11-13-7-4-5-8-14(13)12-20(15)10-6-9-18;1-7-5-3-2-4-6-7;1-2/h13-15H,4-12,18H2,1-3H3,(H,19,21);2-6H,1H3;1-2H. The highest BCUT2D eigenvalue weighted by atomic mass is 16.2. The zero-order chi connectivity index (χ0) is 22.6. The van der Waals surface area contributed by atoms with Crippen LogP contribution in [0.5, 0.6) is 0 Å². The molecular formula is C26H43N3O. The molecule has 168 valence electrons. The Morgan fingerprint density at radius 2 is 1.73 bits per heavy atom. The van der Waals surface area contributed by atoms with Crippen molar-refractivity contribution in [3.05, 3.63) is 35.9 Å². The van der Waals surface area contributed by atoms with E-state index in [0.717, 1.165) is 37.8 Å². The Balaban J connectivity index is 0.000000418. The summed E-state index contributed by atoms with van der Waals surface area (Å²) >= 11 is 0. The first-order chi connectivity index (χ1) is 14.3. The molecule has 4 heteroatoms. The fourth-order valence-electron chi connectivity index (χ4n) is 4.50. The normalized spacial score (nSPS) is 23.6. The van der Waals surface area contributed by atoms with Crippen molar-refractivity contribution in [1.82, 2.24) is 10.2 Å². The van der Waals surface area contributed by atoms with Gasteiger partial charge in [-0.1, -0.05) is 55.2 Å². The van der Waals surface area contributed by atoms with Crippen molar-refractivity contribution in [2.24, 2.45) is 17.6 Å². The van der Waals surface area contributed by atoms with Crippen LogP contribution in [0.25, 0.3) is 0 Å². The third-order valence-electron chi connectivity index (χ3n) is 5.89. The molecule has 3 rings (SSSR count). The number of nitrogens with two attached hydrogens (primary N) is 1. The number of fused-ring (bicyclic) bond motifs is 1. The van der Waals surface area contributed by atoms with E-state index in [-0.39, 0.29) is 17.5 Å². The van der Waals surface area contributed by atoms with Gasteiger partial charge in [-0.3, -0.25) is 9.69 Å². The van der Waals surface area contributed by atoms with Crippen molar-refractivity contribution in [2.45, 2.75) is 77.8 Å². The van der Waals surface area contributed by atoms with Gasteiger partial charge in [0.1, 0.15) is 0 Å². The quantitative estimate of drug-likeness (QED) is 0.721. The number of piperidine rings is 1. The van der Waals surface area contributed by atoms with Gasteiger partial charge in [0.2, 0.25) is 5.91 Å². The summed E-state index contributed by atoms with van der Waals surface area (Å²) < 4.78 is 0. The minimum atomic E-state index is -0.153. The number of amides is 1. The highest BCUT2D eigenvalue weighted by molar-refractivity contribution is 5.82. The summed E-state index contributed by atoms with van der Waals surface area (Å²) in [7, 11) is 0. The lowest BCUT2D eigenvalue weighted by molar-refractivity contribution is -0.131. The molecule has 0 spiro atoms. The molecule has 3 unspecified atom stereocenters. The van der Waals surface area contributed by atoms with Crippen LogP contribution in [0.1, 0.15) is 64.9 Å². The van der Waals surface area contributed by atoms with Crippen LogP contribution in [0.4, 0.5) is 0 Å². The largest absolute Gasteiger partial charge is 0.350 e. The lowest BCUT2D eigenvalue weighted by Gasteiger charge is -2.46. The number of carbonyl (C=O) groups is 1. The van der Waals surface area contributed by atoms with Crippen molar-refractivity contribution >= 4 is 5.91 Å². The monoisotopic (exact) mass is 413 g/mol. The molecule has 2 fully saturated rings. The van der Waals surface area contributed by atoms with Crippen molar-refractivity contribution in [3.63, 3.8) is 0 Å². The van der Waals surface area contributed by atoms with Crippen LogP contribution in [0.2, 0.25) is 0 Å². The number of nitrogens with one attached hydrogen (secondary N) is 1. The number of carbonyl (C=O) groups excluding carboxylic acids is 1. The van der Waals surface area contributed by atoms with Crippen molar-refractivity contribution in [2.75, 3.05) is 19.6 Å². The van der Waals surface area contributed by atoms with Crippen LogP contribution in [0.3, 0.4) is 0 Å². The maximum Gasteiger partial charge on any atom is 0.237 e. The first-order valence-corrected chi connectivity index (χ1v) is 11.4. The molecule has 0 bridgehead atoms. The molecule has 0 aromatic heterocycles. The summed E-state index contributed by atoms with van der Waals surface area (Å²) in [5.74, 6) is 1.77. The third kappa shape index (κ3) is 9.32. The van der Waals surface area contributed by atoms with Crippen LogP contribution in [0.15, 0.2) is 30.3 Å². The van der Waals surface area contributed by atoms with Crippen LogP contribution < -0.4 is 11.1 Å². The summed E-state index contributed by atoms with van der Waals surface area (Å²) in [6.07, 6.45) is 15.4. The van der Waals surface area contributed by atoms with Gasteiger partial charge >= 0.3 is 0 Å². The lowest BCUT2D eigenvalue weighted by atomic mass is 9.72. The van der Waals surface area contributed by atoms with E-state index < -0.39 is 0 Å². The molecule has 1 aromatic rings. The Hall–Kier alpha value is -1.83. The van der Waals surface area contributed by atoms with Gasteiger partial charge in [-0.15, -0.1) is 12.8 Å². The Morgan fingerprint density at radius 3 is 2.23 bits per heavy atom. The van der Waals surface area contributed by atoms with Crippen molar-refractivity contribution in [3.8, 4) is 12.8 Å². The van der Waals surface area contributed by atoms with Crippen LogP contribution in [0, 0.1) is 31.6 Å². The maximum atomic E-state index is 12.7. The Kier molecular flexibility index (Phi) is 11.8. The van der Waals surface area contributed by atoms with E-state index in [1.165, 1.54) is 31.2 Å². The number of nitrogens with zero attached hydrogens (tertiary/aromatic N) is 1. The minimum Gasteiger partial charge on any atom is -0.350 e. The molecule has 1 amide bonds. The number of benzene rings is 1. The van der Waals surface area contributed by atoms with E-state index in [1.807, 2.05) is 18.2 Å². The molecule has 1 aromatic carbocycles. The topological polar surface area (TPSA) is 58.4 Å². The molecule has 1 heterocycles. The highest BCUT2D eigenvalue weighted by Crippen LogP contribution is 2.38. The zero-order valence-corrected chi connectivity index (χ0v) is 19.6. The van der Waals surface area contributed by atoms with Gasteiger partial charge in [-0.2, -0.15) is 0 Å². The Morgan fingerprint density at radius 1 is 1.13 bits per heavy atom. The fraction of sp³-hybridized carbons (Fsp3) is 0.654. The number of likely N-dealkylation sites (tertiary alicyclic amines) is 1. The summed E-state index contributed by atoms with van der Waals surface area (Å²) in [6.45, 7) is 11.0. The van der Waals surface area contributed by atoms with Gasteiger partial charge in [-0.25, -0.2) is 0 Å². The molecule has 3 N–H and O–H groups in total. The van der Waals surface area contributed by atoms with E-state index in [0.29, 0.717) is 6.54 Å². The minimum absolute atomic E-state index is 0.0510. The second kappa shape index (κ2) is 13.5. The van der Waals surface area contributed by atoms with E-state index >= 15 is 0 Å². The molecule has 3 atom stereocenters. The predicted octanol–water partition coefficient (Wildman–Crippen LogP) is 4.38. The van der Waals surface area contributed by atoms with Gasteiger partial charge in [0.05, 0.1) is 6.04 Å². The predicted molar refractivity (Wildman–Crippen MR) is 128 cm³/mol. The maximum absolute atomic E-state index is 12.7. The smallest absolute Gasteiger partial charge is 0.237 e. The van der Waals surface area contributed by atoms with E-state index in [1.54, 1.807) is 0 Å². The highest BCUT2D eigenvalue weighted by Gasteiger charge is 2.40. The second-order valence-corrected chi connectivity index (χ2v) is 9.59. The number of rotatable bonds is 4. The molecule has 4 nitrogen and oxygen atoms in total. The molecule has 1 saturated heterocycles. The molecule has 30 heavy (non-hydrogen) atoms. The summed E-state index contributed by atoms with van der Waals surface area (Å²) in [4.78, 5) is 15.1. The molecule has 1 saturated carbocycles. The van der Waals surface area contributed by atoms with E-state index in [2.05, 4.69) is 62.9 Å². The van der Waals surface area contributed by atoms with Crippen molar-refractivity contribution < 1.29 is 4.79 Å². The molecular weight excluding hydrogens is 370 g/mol. The van der Waals surface area contributed by atoms with Crippen LogP contribution >= 0.6 is 0 Å². The summed E-state index contributed by atoms with van der Waals surface area (Å²) in [5, 5.41) is 3.18.